The molecule has 0 saturated heterocycles. The van der Waals surface area contributed by atoms with Crippen LogP contribution in [0.25, 0.3) is 10.8 Å². The molecule has 26 heavy (non-hydrogen) atoms. The van der Waals surface area contributed by atoms with Gasteiger partial charge >= 0.3 is 0 Å². The minimum atomic E-state index is -4.54. The van der Waals surface area contributed by atoms with Gasteiger partial charge < -0.3 is 9.84 Å². The van der Waals surface area contributed by atoms with Crippen LogP contribution in [-0.4, -0.2) is 25.2 Å². The van der Waals surface area contributed by atoms with Gasteiger partial charge in [-0.3, -0.25) is 4.55 Å². The van der Waals surface area contributed by atoms with Crippen molar-refractivity contribution in [3.05, 3.63) is 54.1 Å². The van der Waals surface area contributed by atoms with Crippen molar-refractivity contribution in [2.45, 2.75) is 11.8 Å². The first-order chi connectivity index (χ1) is 12.3. The fourth-order valence-corrected chi connectivity index (χ4v) is 3.23. The van der Waals surface area contributed by atoms with Crippen molar-refractivity contribution < 1.29 is 22.8 Å². The van der Waals surface area contributed by atoms with Crippen LogP contribution >= 0.6 is 0 Å². The van der Waals surface area contributed by atoms with Crippen molar-refractivity contribution >= 4 is 32.3 Å². The number of benzene rings is 3. The van der Waals surface area contributed by atoms with Crippen LogP contribution in [0.15, 0.2) is 63.7 Å². The third-order valence-corrected chi connectivity index (χ3v) is 4.77. The van der Waals surface area contributed by atoms with E-state index in [9.17, 15) is 18.1 Å². The number of fused-ring (bicyclic) bond motifs is 1. The van der Waals surface area contributed by atoms with Gasteiger partial charge in [0.1, 0.15) is 27.8 Å². The Morgan fingerprint density at radius 3 is 2.46 bits per heavy atom. The number of ether oxygens (including phenoxy) is 1. The summed E-state index contributed by atoms with van der Waals surface area (Å²) in [7, 11) is -3.14. The van der Waals surface area contributed by atoms with E-state index in [1.807, 2.05) is 12.1 Å². The molecule has 2 N–H and O–H groups in total. The van der Waals surface area contributed by atoms with Gasteiger partial charge in [-0.15, -0.1) is 10.2 Å². The fourth-order valence-electron chi connectivity index (χ4n) is 2.61. The van der Waals surface area contributed by atoms with Crippen molar-refractivity contribution in [1.82, 2.24) is 0 Å². The van der Waals surface area contributed by atoms with Gasteiger partial charge in [0, 0.05) is 11.5 Å². The van der Waals surface area contributed by atoms with Crippen molar-refractivity contribution in [1.29, 1.82) is 0 Å². The molecule has 0 bridgehead atoms. The van der Waals surface area contributed by atoms with E-state index in [-0.39, 0.29) is 17.1 Å². The Balaban J connectivity index is 2.18. The molecule has 0 amide bonds. The zero-order valence-electron chi connectivity index (χ0n) is 14.0. The van der Waals surface area contributed by atoms with Crippen molar-refractivity contribution in [3.8, 4) is 11.5 Å². The summed E-state index contributed by atoms with van der Waals surface area (Å²) < 4.78 is 37.9. The standard InChI is InChI=1S/C18H16N2O5S/c1-11-9-14(17(26(22,23)24)10-16(11)25-2)19-20-18-13-6-4-3-5-12(13)7-8-15(18)21/h3-10,21H,1-2H3,(H,22,23,24). The van der Waals surface area contributed by atoms with Gasteiger partial charge in [0.25, 0.3) is 10.1 Å². The largest absolute Gasteiger partial charge is 0.506 e. The number of nitrogens with zero attached hydrogens (tertiary/aromatic N) is 2. The molecule has 7 nitrogen and oxygen atoms in total. The molecule has 134 valence electrons. The Morgan fingerprint density at radius 2 is 1.77 bits per heavy atom. The first kappa shape index (κ1) is 17.8. The molecule has 0 aliphatic carbocycles. The molecule has 0 fully saturated rings. The molecule has 0 aliphatic heterocycles. The number of rotatable bonds is 4. The Kier molecular flexibility index (Phi) is 4.62. The van der Waals surface area contributed by atoms with Crippen LogP contribution in [0, 0.1) is 6.92 Å². The molecule has 0 unspecified atom stereocenters. The van der Waals surface area contributed by atoms with Crippen LogP contribution in [0.3, 0.4) is 0 Å². The summed E-state index contributed by atoms with van der Waals surface area (Å²) in [6.07, 6.45) is 0. The molecule has 0 atom stereocenters. The first-order valence-corrected chi connectivity index (χ1v) is 9.04. The van der Waals surface area contributed by atoms with E-state index >= 15 is 0 Å². The van der Waals surface area contributed by atoms with Crippen LogP contribution in [0.5, 0.6) is 11.5 Å². The molecule has 0 aromatic heterocycles. The number of phenolic OH excluding ortho intramolecular Hbond substituents is 1. The molecule has 0 spiro atoms. The van der Waals surface area contributed by atoms with E-state index in [0.717, 1.165) is 5.39 Å². The number of methoxy groups -OCH3 is 1. The molecule has 8 heteroatoms. The zero-order valence-corrected chi connectivity index (χ0v) is 14.9. The summed E-state index contributed by atoms with van der Waals surface area (Å²) in [5.74, 6) is 0.204. The Labute approximate surface area is 150 Å². The second kappa shape index (κ2) is 6.74. The van der Waals surface area contributed by atoms with Crippen LogP contribution in [0.2, 0.25) is 0 Å². The monoisotopic (exact) mass is 372 g/mol. The minimum Gasteiger partial charge on any atom is -0.506 e. The van der Waals surface area contributed by atoms with Crippen molar-refractivity contribution in [2.24, 2.45) is 10.2 Å². The lowest BCUT2D eigenvalue weighted by Crippen LogP contribution is -2.00. The molecule has 0 radical (unpaired) electrons. The van der Waals surface area contributed by atoms with Crippen LogP contribution < -0.4 is 4.74 Å². The molecule has 3 aromatic rings. The smallest absolute Gasteiger partial charge is 0.296 e. The highest BCUT2D eigenvalue weighted by Crippen LogP contribution is 2.38. The SMILES string of the molecule is COc1cc(S(=O)(=O)O)c(N=Nc2c(O)ccc3ccccc23)cc1C. The van der Waals surface area contributed by atoms with E-state index in [1.165, 1.54) is 25.3 Å². The molecular weight excluding hydrogens is 356 g/mol. The molecule has 3 rings (SSSR count). The van der Waals surface area contributed by atoms with Crippen molar-refractivity contribution in [3.63, 3.8) is 0 Å². The lowest BCUT2D eigenvalue weighted by Gasteiger charge is -2.09. The van der Waals surface area contributed by atoms with Crippen LogP contribution in [-0.2, 0) is 10.1 Å². The highest BCUT2D eigenvalue weighted by atomic mass is 32.2. The topological polar surface area (TPSA) is 109 Å². The summed E-state index contributed by atoms with van der Waals surface area (Å²) in [6.45, 7) is 1.71. The minimum absolute atomic E-state index is 0.0573. The lowest BCUT2D eigenvalue weighted by molar-refractivity contribution is 0.409. The molecule has 0 aliphatic rings. The average Bonchev–Trinajstić information content (AvgIpc) is 2.60. The average molecular weight is 372 g/mol. The number of aromatic hydroxyl groups is 1. The summed E-state index contributed by atoms with van der Waals surface area (Å²) in [6, 6.07) is 13.1. The normalized spacial score (nSPS) is 12.0. The fraction of sp³-hybridized carbons (Fsp3) is 0.111. The summed E-state index contributed by atoms with van der Waals surface area (Å²) in [4.78, 5) is -0.427. The number of hydrogen-bond donors (Lipinski definition) is 2. The zero-order chi connectivity index (χ0) is 18.9. The maximum absolute atomic E-state index is 11.7. The van der Waals surface area contributed by atoms with E-state index in [2.05, 4.69) is 10.2 Å². The third kappa shape index (κ3) is 3.37. The quantitative estimate of drug-likeness (QED) is 0.517. The summed E-state index contributed by atoms with van der Waals surface area (Å²) in [5.41, 5.74) is 0.770. The van der Waals surface area contributed by atoms with Gasteiger partial charge in [0.2, 0.25) is 0 Å². The van der Waals surface area contributed by atoms with Gasteiger partial charge in [-0.1, -0.05) is 30.3 Å². The van der Waals surface area contributed by atoms with Gasteiger partial charge in [-0.2, -0.15) is 8.42 Å². The van der Waals surface area contributed by atoms with Gasteiger partial charge in [-0.25, -0.2) is 0 Å². The Bertz CT molecular complexity index is 1120. The second-order valence-corrected chi connectivity index (χ2v) is 7.01. The predicted octanol–water partition coefficient (Wildman–Crippen LogP) is 4.52. The second-order valence-electron chi connectivity index (χ2n) is 5.62. The molecule has 0 heterocycles. The number of phenols is 1. The Morgan fingerprint density at radius 1 is 1.04 bits per heavy atom. The van der Waals surface area contributed by atoms with E-state index < -0.39 is 15.0 Å². The maximum Gasteiger partial charge on any atom is 0.296 e. The van der Waals surface area contributed by atoms with Gasteiger partial charge in [0.15, 0.2) is 0 Å². The predicted molar refractivity (Wildman–Crippen MR) is 97.3 cm³/mol. The van der Waals surface area contributed by atoms with Crippen LogP contribution in [0.4, 0.5) is 11.4 Å². The van der Waals surface area contributed by atoms with E-state index in [1.54, 1.807) is 25.1 Å². The highest BCUT2D eigenvalue weighted by molar-refractivity contribution is 7.86. The van der Waals surface area contributed by atoms with Crippen molar-refractivity contribution in [2.75, 3.05) is 7.11 Å². The highest BCUT2D eigenvalue weighted by Gasteiger charge is 2.19. The first-order valence-electron chi connectivity index (χ1n) is 7.60. The number of aryl methyl sites for hydroxylation is 1. The molecular formula is C18H16N2O5S. The molecule has 0 saturated carbocycles. The maximum atomic E-state index is 11.7. The van der Waals surface area contributed by atoms with E-state index in [0.29, 0.717) is 16.7 Å². The third-order valence-electron chi connectivity index (χ3n) is 3.89. The number of hydrogen-bond acceptors (Lipinski definition) is 6. The van der Waals surface area contributed by atoms with Gasteiger partial charge in [0.05, 0.1) is 7.11 Å². The van der Waals surface area contributed by atoms with Crippen LogP contribution in [0.1, 0.15) is 5.56 Å². The lowest BCUT2D eigenvalue weighted by atomic mass is 10.1. The Hall–Kier alpha value is -2.97. The summed E-state index contributed by atoms with van der Waals surface area (Å²) >= 11 is 0. The van der Waals surface area contributed by atoms with E-state index in [4.69, 9.17) is 4.74 Å². The van der Waals surface area contributed by atoms with Gasteiger partial charge in [-0.05, 0) is 30.0 Å². The summed E-state index contributed by atoms with van der Waals surface area (Å²) in [5, 5.41) is 19.6. The molecule has 3 aromatic carbocycles. The number of azo groups is 1.